The van der Waals surface area contributed by atoms with E-state index in [1.165, 1.54) is 0 Å². The van der Waals surface area contributed by atoms with Crippen molar-refractivity contribution in [2.45, 2.75) is 18.4 Å². The summed E-state index contributed by atoms with van der Waals surface area (Å²) in [5.74, 6) is 0.456. The lowest BCUT2D eigenvalue weighted by Gasteiger charge is -2.24. The van der Waals surface area contributed by atoms with Gasteiger partial charge in [0.1, 0.15) is 11.3 Å². The number of hydrogen-bond acceptors (Lipinski definition) is 6. The van der Waals surface area contributed by atoms with E-state index in [0.717, 1.165) is 12.6 Å². The molecule has 1 aromatic carbocycles. The number of ether oxygens (including phenoxy) is 1. The highest BCUT2D eigenvalue weighted by Gasteiger charge is 2.32. The summed E-state index contributed by atoms with van der Waals surface area (Å²) in [7, 11) is 0. The zero-order chi connectivity index (χ0) is 13.4. The molecule has 0 aliphatic rings. The predicted octanol–water partition coefficient (Wildman–Crippen LogP) is 2.02. The maximum Gasteiger partial charge on any atom is 0.173 e. The van der Waals surface area contributed by atoms with E-state index >= 15 is 0 Å². The Bertz CT molecular complexity index is 436. The summed E-state index contributed by atoms with van der Waals surface area (Å²) in [5.41, 5.74) is 5.13. The maximum atomic E-state index is 11.2. The summed E-state index contributed by atoms with van der Waals surface area (Å²) in [5, 5.41) is 17.3. The highest BCUT2D eigenvalue weighted by Crippen LogP contribution is 2.34. The van der Waals surface area contributed by atoms with Crippen molar-refractivity contribution in [3.05, 3.63) is 34.7 Å². The molecule has 0 bridgehead atoms. The summed E-state index contributed by atoms with van der Waals surface area (Å²) in [6, 6.07) is 6.79. The van der Waals surface area contributed by atoms with Crippen LogP contribution in [0.5, 0.6) is 5.75 Å². The summed E-state index contributed by atoms with van der Waals surface area (Å²) >= 11 is 0. The lowest BCUT2D eigenvalue weighted by molar-refractivity contribution is 0.430. The van der Waals surface area contributed by atoms with Crippen LogP contribution in [0, 0.1) is 15.7 Å². The summed E-state index contributed by atoms with van der Waals surface area (Å²) in [4.78, 5) is 11.2. The van der Waals surface area contributed by atoms with Gasteiger partial charge in [0.2, 0.25) is 0 Å². The Morgan fingerprint density at radius 3 is 2.78 bits per heavy atom. The molecule has 1 rings (SSSR count). The van der Waals surface area contributed by atoms with Crippen molar-refractivity contribution >= 4 is 12.6 Å². The average molecular weight is 248 g/mol. The van der Waals surface area contributed by atoms with E-state index in [0.29, 0.717) is 24.3 Å². The molecule has 96 valence electrons. The lowest BCUT2D eigenvalue weighted by atomic mass is 9.84. The Kier molecular flexibility index (Phi) is 5.13. The van der Waals surface area contributed by atoms with Crippen LogP contribution >= 0.6 is 0 Å². The fraction of sp³-hybridized carbons (Fsp3) is 0.333. The van der Waals surface area contributed by atoms with Crippen molar-refractivity contribution in [3.63, 3.8) is 0 Å². The summed E-state index contributed by atoms with van der Waals surface area (Å²) in [6.45, 7) is 0.301. The highest BCUT2D eigenvalue weighted by molar-refractivity contribution is 5.57. The van der Waals surface area contributed by atoms with Crippen LogP contribution in [0.15, 0.2) is 29.4 Å². The SMILES string of the molecule is N=CC[C@](CCN)(N=O)c1cccc(OC=N)c1. The molecule has 18 heavy (non-hydrogen) atoms. The van der Waals surface area contributed by atoms with Gasteiger partial charge in [0, 0.05) is 6.42 Å². The van der Waals surface area contributed by atoms with Gasteiger partial charge in [-0.3, -0.25) is 5.41 Å². The molecule has 0 heterocycles. The quantitative estimate of drug-likeness (QED) is 0.371. The van der Waals surface area contributed by atoms with Gasteiger partial charge in [-0.25, -0.2) is 0 Å². The van der Waals surface area contributed by atoms with Crippen molar-refractivity contribution in [1.29, 1.82) is 10.8 Å². The molecule has 0 spiro atoms. The predicted molar refractivity (Wildman–Crippen MR) is 70.4 cm³/mol. The third-order valence-corrected chi connectivity index (χ3v) is 2.74. The Balaban J connectivity index is 3.18. The third kappa shape index (κ3) is 2.98. The van der Waals surface area contributed by atoms with E-state index < -0.39 is 5.54 Å². The fourth-order valence-corrected chi connectivity index (χ4v) is 1.83. The molecule has 0 saturated heterocycles. The van der Waals surface area contributed by atoms with Crippen LogP contribution in [-0.2, 0) is 5.54 Å². The first kappa shape index (κ1) is 14.0. The van der Waals surface area contributed by atoms with E-state index in [2.05, 4.69) is 5.18 Å². The highest BCUT2D eigenvalue weighted by atomic mass is 16.5. The molecule has 0 aliphatic carbocycles. The molecule has 6 nitrogen and oxygen atoms in total. The van der Waals surface area contributed by atoms with Crippen molar-refractivity contribution in [1.82, 2.24) is 0 Å². The first-order valence-electron chi connectivity index (χ1n) is 5.52. The van der Waals surface area contributed by atoms with E-state index in [9.17, 15) is 4.91 Å². The number of nitrogens with one attached hydrogen (secondary N) is 2. The average Bonchev–Trinajstić information content (AvgIpc) is 2.39. The van der Waals surface area contributed by atoms with Crippen LogP contribution in [0.3, 0.4) is 0 Å². The van der Waals surface area contributed by atoms with Crippen LogP contribution in [-0.4, -0.2) is 19.2 Å². The van der Waals surface area contributed by atoms with Crippen molar-refractivity contribution in [3.8, 4) is 5.75 Å². The van der Waals surface area contributed by atoms with Crippen molar-refractivity contribution < 1.29 is 4.74 Å². The monoisotopic (exact) mass is 248 g/mol. The molecular formula is C12H16N4O2. The molecule has 0 fully saturated rings. The first-order chi connectivity index (χ1) is 8.72. The Morgan fingerprint density at radius 2 is 2.22 bits per heavy atom. The molecule has 0 aromatic heterocycles. The smallest absolute Gasteiger partial charge is 0.173 e. The van der Waals surface area contributed by atoms with Gasteiger partial charge >= 0.3 is 0 Å². The molecule has 0 radical (unpaired) electrons. The number of benzene rings is 1. The Labute approximate surface area is 105 Å². The first-order valence-corrected chi connectivity index (χ1v) is 5.52. The second-order valence-corrected chi connectivity index (χ2v) is 3.83. The third-order valence-electron chi connectivity index (χ3n) is 2.74. The molecule has 0 saturated carbocycles. The van der Waals surface area contributed by atoms with Gasteiger partial charge in [-0.1, -0.05) is 17.3 Å². The molecular weight excluding hydrogens is 232 g/mol. The van der Waals surface area contributed by atoms with Gasteiger partial charge < -0.3 is 15.9 Å². The molecule has 1 atom stereocenters. The summed E-state index contributed by atoms with van der Waals surface area (Å²) < 4.78 is 4.95. The van der Waals surface area contributed by atoms with Gasteiger partial charge in [0.25, 0.3) is 0 Å². The molecule has 0 unspecified atom stereocenters. The normalized spacial score (nSPS) is 13.4. The number of nitroso groups, excluding NO2 is 1. The van der Waals surface area contributed by atoms with E-state index in [1.807, 2.05) is 0 Å². The van der Waals surface area contributed by atoms with Crippen LogP contribution < -0.4 is 10.5 Å². The molecule has 1 aromatic rings. The number of nitrogens with two attached hydrogens (primary N) is 1. The molecule has 0 aliphatic heterocycles. The van der Waals surface area contributed by atoms with Gasteiger partial charge in [-0.05, 0) is 36.9 Å². The largest absolute Gasteiger partial charge is 0.446 e. The van der Waals surface area contributed by atoms with Gasteiger partial charge in [-0.2, -0.15) is 0 Å². The van der Waals surface area contributed by atoms with Gasteiger partial charge in [-0.15, -0.1) is 4.91 Å². The minimum absolute atomic E-state index is 0.196. The maximum absolute atomic E-state index is 11.2. The van der Waals surface area contributed by atoms with Gasteiger partial charge in [0.15, 0.2) is 6.40 Å². The van der Waals surface area contributed by atoms with Crippen LogP contribution in [0.4, 0.5) is 0 Å². The minimum atomic E-state index is -1.03. The minimum Gasteiger partial charge on any atom is -0.446 e. The van der Waals surface area contributed by atoms with Crippen molar-refractivity contribution in [2.24, 2.45) is 10.9 Å². The Morgan fingerprint density at radius 1 is 1.44 bits per heavy atom. The zero-order valence-corrected chi connectivity index (χ0v) is 9.93. The van der Waals surface area contributed by atoms with E-state index in [-0.39, 0.29) is 6.42 Å². The number of rotatable bonds is 8. The second kappa shape index (κ2) is 6.61. The zero-order valence-electron chi connectivity index (χ0n) is 9.93. The molecule has 6 heteroatoms. The lowest BCUT2D eigenvalue weighted by Crippen LogP contribution is -2.27. The topological polar surface area (TPSA) is 112 Å². The fourth-order valence-electron chi connectivity index (χ4n) is 1.83. The van der Waals surface area contributed by atoms with E-state index in [1.54, 1.807) is 24.3 Å². The summed E-state index contributed by atoms with van der Waals surface area (Å²) in [6.07, 6.45) is 2.53. The molecule has 4 N–H and O–H groups in total. The van der Waals surface area contributed by atoms with Gasteiger partial charge in [0.05, 0.1) is 0 Å². The number of nitrogens with zero attached hydrogens (tertiary/aromatic N) is 1. The van der Waals surface area contributed by atoms with Crippen LogP contribution in [0.25, 0.3) is 0 Å². The Hall–Kier alpha value is -2.08. The standard InChI is InChI=1S/C12H16N4O2/c13-6-4-12(16-17,5-7-14)10-2-1-3-11(8-10)18-9-15/h1-3,6,8-9,13,15H,4-5,7,14H2/t12-/m1/s1. The second-order valence-electron chi connectivity index (χ2n) is 3.83. The van der Waals surface area contributed by atoms with Crippen LogP contribution in [0.1, 0.15) is 18.4 Å². The van der Waals surface area contributed by atoms with Crippen LogP contribution in [0.2, 0.25) is 0 Å². The van der Waals surface area contributed by atoms with E-state index in [4.69, 9.17) is 21.3 Å². The van der Waals surface area contributed by atoms with Crippen molar-refractivity contribution in [2.75, 3.05) is 6.54 Å². The number of hydrogen-bond donors (Lipinski definition) is 3. The molecule has 0 amide bonds.